The summed E-state index contributed by atoms with van der Waals surface area (Å²) in [5.74, 6) is 3.14. The van der Waals surface area contributed by atoms with E-state index in [-0.39, 0.29) is 29.4 Å². The molecule has 0 radical (unpaired) electrons. The molecule has 8 saturated heterocycles. The molecule has 1 aromatic heterocycles. The first-order valence-corrected chi connectivity index (χ1v) is 49.5. The fourth-order valence-electron chi connectivity index (χ4n) is 23.4. The maximum Gasteiger partial charge on any atom is 0.168 e. The molecule has 3 spiro atoms. The molecule has 6 aromatic rings. The number of aldehydes is 1. The van der Waals surface area contributed by atoms with Gasteiger partial charge >= 0.3 is 0 Å². The number of piperazine rings is 5. The van der Waals surface area contributed by atoms with Crippen molar-refractivity contribution in [3.05, 3.63) is 168 Å². The normalized spacial score (nSPS) is 27.8. The lowest BCUT2D eigenvalue weighted by Crippen LogP contribution is -2.50. The number of para-hydroxylation sites is 1. The largest absolute Gasteiger partial charge is 0.411 e. The maximum absolute atomic E-state index is 11.6. The molecule has 5 aromatic carbocycles. The molecule has 6 saturated carbocycles. The number of fused-ring (bicyclic) bond motifs is 1. The van der Waals surface area contributed by atoms with Crippen LogP contribution in [-0.4, -0.2) is 316 Å². The van der Waals surface area contributed by atoms with Crippen LogP contribution in [0.1, 0.15) is 207 Å². The van der Waals surface area contributed by atoms with Gasteiger partial charge in [-0.15, -0.1) is 5.10 Å². The summed E-state index contributed by atoms with van der Waals surface area (Å²) < 4.78 is 37.0. The summed E-state index contributed by atoms with van der Waals surface area (Å²) in [4.78, 5) is 47.5. The number of nitrogens with two attached hydrogens (primary N) is 1. The number of oxime groups is 1. The molecule has 127 heavy (non-hydrogen) atoms. The van der Waals surface area contributed by atoms with Gasteiger partial charge in [0.25, 0.3) is 0 Å². The van der Waals surface area contributed by atoms with Crippen molar-refractivity contribution < 1.29 is 43.2 Å². The van der Waals surface area contributed by atoms with Crippen molar-refractivity contribution in [2.75, 3.05) is 206 Å². The molecule has 0 amide bonds. The fourth-order valence-corrected chi connectivity index (χ4v) is 23.4. The van der Waals surface area contributed by atoms with Crippen LogP contribution >= 0.6 is 0 Å². The Morgan fingerprint density at radius 1 is 0.362 bits per heavy atom. The van der Waals surface area contributed by atoms with E-state index in [4.69, 9.17) is 39.4 Å². The van der Waals surface area contributed by atoms with Gasteiger partial charge in [-0.05, 0) is 202 Å². The minimum atomic E-state index is -0.312. The van der Waals surface area contributed by atoms with Gasteiger partial charge in [0, 0.05) is 218 Å². The predicted octanol–water partition coefficient (Wildman–Crippen LogP) is 14.4. The summed E-state index contributed by atoms with van der Waals surface area (Å²) in [7, 11) is 11.1. The summed E-state index contributed by atoms with van der Waals surface area (Å²) in [5, 5.41) is 21.5. The van der Waals surface area contributed by atoms with Crippen LogP contribution in [0.15, 0.2) is 151 Å². The lowest BCUT2D eigenvalue weighted by Gasteiger charge is -2.45. The van der Waals surface area contributed by atoms with Gasteiger partial charge in [-0.25, -0.2) is 4.68 Å². The third kappa shape index (κ3) is 25.9. The van der Waals surface area contributed by atoms with Crippen LogP contribution in [0, 0.1) is 35.5 Å². The quantitative estimate of drug-likeness (QED) is 0.0524. The van der Waals surface area contributed by atoms with Crippen LogP contribution in [0.3, 0.4) is 0 Å². The SMILES string of the molecule is CN1CCN(C(C2CCC3(CC2)OCCO3)n2nnc3ccccc32)CC1.CN1CCN(C(c2ccccc2)C2CCC(=NO)CC2)CC1.CN1CCN(C(c2ccccc2)C2CCC(=O)CC2)CC1.CN1CCN(C(c2ccccc2)C2CCC(N)CC2)CC1.CN1CCN(C(c2ccccc2)C2CCC3(CC2)OCCO3)CC1.O=CC1CCC2(CC1)OCCO2. The van der Waals surface area contributed by atoms with Crippen LogP contribution in [0.25, 0.3) is 11.0 Å². The summed E-state index contributed by atoms with van der Waals surface area (Å²) in [6, 6.07) is 55.0. The zero-order valence-corrected chi connectivity index (χ0v) is 77.8. The van der Waals surface area contributed by atoms with Crippen molar-refractivity contribution in [1.29, 1.82) is 0 Å². The van der Waals surface area contributed by atoms with E-state index in [0.29, 0.717) is 72.9 Å². The highest BCUT2D eigenvalue weighted by Gasteiger charge is 2.47. The second-order valence-electron chi connectivity index (χ2n) is 39.6. The van der Waals surface area contributed by atoms with E-state index < -0.39 is 0 Å². The average molecular weight is 1750 g/mol. The third-order valence-electron chi connectivity index (χ3n) is 31.2. The van der Waals surface area contributed by atoms with Crippen LogP contribution in [0.5, 0.6) is 0 Å². The van der Waals surface area contributed by atoms with E-state index in [9.17, 15) is 9.59 Å². The lowest BCUT2D eigenvalue weighted by atomic mass is 9.77. The average Bonchev–Trinajstić information content (AvgIpc) is 1.60. The van der Waals surface area contributed by atoms with E-state index in [1.165, 1.54) is 113 Å². The molecule has 6 aliphatic carbocycles. The molecule has 8 aliphatic heterocycles. The summed E-state index contributed by atoms with van der Waals surface area (Å²) in [6.45, 7) is 27.4. The van der Waals surface area contributed by atoms with Crippen LogP contribution in [0.4, 0.5) is 0 Å². The van der Waals surface area contributed by atoms with Gasteiger partial charge in [-0.3, -0.25) is 29.3 Å². The van der Waals surface area contributed by atoms with Crippen LogP contribution < -0.4 is 5.73 Å². The monoisotopic (exact) mass is 1750 g/mol. The summed E-state index contributed by atoms with van der Waals surface area (Å²) in [5.41, 5.74) is 15.1. The fraction of sp³-hybridized carbons (Fsp3) is 0.680. The molecule has 20 rings (SSSR count). The first kappa shape index (κ1) is 95.2. The van der Waals surface area contributed by atoms with Crippen molar-refractivity contribution in [2.24, 2.45) is 46.4 Å². The molecule has 9 heterocycles. The number of carbonyl (C=O) groups excluding carboxylic acids is 2. The second kappa shape index (κ2) is 47.3. The molecule has 3 N–H and O–H groups in total. The molecular weight excluding hydrogens is 1590 g/mol. The summed E-state index contributed by atoms with van der Waals surface area (Å²) >= 11 is 0. The number of likely N-dealkylation sites (N-methyl/N-ethyl adjacent to an activating group) is 5. The predicted molar refractivity (Wildman–Crippen MR) is 503 cm³/mol. The van der Waals surface area contributed by atoms with Gasteiger partial charge in [0.1, 0.15) is 23.8 Å². The third-order valence-corrected chi connectivity index (χ3v) is 31.2. The van der Waals surface area contributed by atoms with Gasteiger partial charge in [0.05, 0.1) is 50.9 Å². The van der Waals surface area contributed by atoms with Gasteiger partial charge in [-0.1, -0.05) is 144 Å². The Labute approximate surface area is 759 Å². The Morgan fingerprint density at radius 2 is 0.654 bits per heavy atom. The molecule has 5 unspecified atom stereocenters. The Balaban J connectivity index is 0.000000119. The lowest BCUT2D eigenvalue weighted by molar-refractivity contribution is -0.188. The number of hydrogen-bond acceptors (Lipinski definition) is 23. The van der Waals surface area contributed by atoms with Crippen molar-refractivity contribution in [2.45, 2.75) is 208 Å². The van der Waals surface area contributed by atoms with E-state index in [1.807, 2.05) is 6.07 Å². The number of aromatic nitrogens is 3. The van der Waals surface area contributed by atoms with Crippen molar-refractivity contribution >= 4 is 28.8 Å². The van der Waals surface area contributed by atoms with Crippen LogP contribution in [-0.2, 0) is 38.0 Å². The van der Waals surface area contributed by atoms with E-state index in [2.05, 4.69) is 244 Å². The number of Topliss-reactive ketones (excluding diaryl/α,β-unsaturated/α-hetero) is 1. The van der Waals surface area contributed by atoms with E-state index in [1.54, 1.807) is 0 Å². The molecule has 14 aliphatic rings. The van der Waals surface area contributed by atoms with Crippen LogP contribution in [0.2, 0.25) is 0 Å². The number of carbonyl (C=O) groups is 2. The zero-order valence-electron chi connectivity index (χ0n) is 77.8. The van der Waals surface area contributed by atoms with Gasteiger partial charge < -0.3 is 68.7 Å². The van der Waals surface area contributed by atoms with E-state index >= 15 is 0 Å². The zero-order chi connectivity index (χ0) is 87.8. The van der Waals surface area contributed by atoms with Gasteiger partial charge in [0.2, 0.25) is 0 Å². The van der Waals surface area contributed by atoms with Crippen molar-refractivity contribution in [3.63, 3.8) is 0 Å². The van der Waals surface area contributed by atoms with Crippen molar-refractivity contribution in [1.82, 2.24) is 64.0 Å². The minimum absolute atomic E-state index is 0.239. The molecule has 0 bridgehead atoms. The number of ketones is 1. The number of ether oxygens (including phenoxy) is 6. The number of hydrogen-bond donors (Lipinski definition) is 2. The first-order chi connectivity index (χ1) is 62.1. The Hall–Kier alpha value is -6.37. The maximum atomic E-state index is 11.6. The number of nitrogens with zero attached hydrogens (tertiary/aromatic N) is 14. The highest BCUT2D eigenvalue weighted by molar-refractivity contribution is 5.84. The first-order valence-electron chi connectivity index (χ1n) is 49.5. The molecule has 696 valence electrons. The highest BCUT2D eigenvalue weighted by Crippen LogP contribution is 2.48. The topological polar surface area (TPSA) is 211 Å². The Bertz CT molecular complexity index is 4130. The number of benzene rings is 5. The van der Waals surface area contributed by atoms with Crippen molar-refractivity contribution in [3.8, 4) is 0 Å². The van der Waals surface area contributed by atoms with Gasteiger partial charge in [0.15, 0.2) is 17.4 Å². The number of rotatable bonds is 16. The molecule has 5 atom stereocenters. The Kier molecular flexibility index (Phi) is 35.5. The second-order valence-corrected chi connectivity index (χ2v) is 39.6. The summed E-state index contributed by atoms with van der Waals surface area (Å²) in [6.07, 6.45) is 26.4. The molecule has 14 fully saturated rings. The molecule has 24 nitrogen and oxygen atoms in total. The molecule has 24 heteroatoms. The molecular formula is C103H155N15O9. The van der Waals surface area contributed by atoms with Gasteiger partial charge in [-0.2, -0.15) is 0 Å². The standard InChI is InChI=1S/C20H29N5O2.C20H30N2O2.C18H27N3O.C18H29N3.C18H26N2O.C9H14O3/c1-23-10-12-24(13-11-23)19(25-18-5-3-2-4-17(18)21-22-25)16-6-8-20(9-7-16)26-14-15-27-20;1-21-11-13-22(14-12-21)19(17-5-3-2-4-6-17)18-7-9-20(10-8-18)23-15-16-24-20;1-20-11-13-21(14-12-20)18(15-5-3-2-4-6-15)16-7-9-17(19-22)10-8-16;1-20-11-13-21(14-12-20)18(15-5-3-2-4-6-15)16-7-9-17(19)10-8-16;1-19-11-13-20(14-12-19)18(15-5-3-2-4-6-15)16-7-9-17(21)10-8-16;10-7-8-1-3-9(4-2-8)11-5-6-12-9/h2-5,16,19H,6-15H2,1H3;2-6,18-19H,7-16H2,1H3;2-6,16,18,22H,7-14H2,1H3;2-6,16-18H,7-14,19H2,1H3;2-6,16,18H,7-14H2,1H3;7-8H,1-6H2. The Morgan fingerprint density at radius 3 is 0.992 bits per heavy atom. The minimum Gasteiger partial charge on any atom is -0.411 e. The highest BCUT2D eigenvalue weighted by atomic mass is 16.7. The van der Waals surface area contributed by atoms with E-state index in [0.717, 1.165) is 249 Å². The smallest absolute Gasteiger partial charge is 0.168 e.